The van der Waals surface area contributed by atoms with E-state index >= 15 is 0 Å². The number of halogens is 1. The van der Waals surface area contributed by atoms with E-state index in [1.165, 1.54) is 0 Å². The van der Waals surface area contributed by atoms with Gasteiger partial charge < -0.3 is 15.2 Å². The molecule has 3 rings (SSSR count). The van der Waals surface area contributed by atoms with Crippen molar-refractivity contribution in [2.45, 2.75) is 12.5 Å². The maximum atomic E-state index is 11.9. The van der Waals surface area contributed by atoms with Crippen molar-refractivity contribution < 1.29 is 14.3 Å². The standard InChI is InChI=1S/C23H23NO3.ClH/c24-22(18-9-3-1-4-10-18)20-13-7-14-21(17-20)26-15-8-16-27-23(25)19-11-5-2-6-12-19;/h1-7,9-14,17,22H,8,15-16,24H2;1H. The number of carbonyl (C=O) groups excluding carboxylic acids is 1. The first-order valence-electron chi connectivity index (χ1n) is 8.99. The molecule has 0 heterocycles. The fraction of sp³-hybridized carbons (Fsp3) is 0.174. The lowest BCUT2D eigenvalue weighted by Gasteiger charge is -2.14. The van der Waals surface area contributed by atoms with E-state index in [1.54, 1.807) is 12.1 Å². The van der Waals surface area contributed by atoms with Gasteiger partial charge in [-0.05, 0) is 35.4 Å². The Morgan fingerprint density at radius 3 is 2.18 bits per heavy atom. The van der Waals surface area contributed by atoms with E-state index in [0.29, 0.717) is 25.2 Å². The normalized spacial score (nSPS) is 11.2. The van der Waals surface area contributed by atoms with E-state index in [2.05, 4.69) is 0 Å². The molecule has 0 aliphatic heterocycles. The van der Waals surface area contributed by atoms with Gasteiger partial charge in [0, 0.05) is 6.42 Å². The molecule has 0 saturated heterocycles. The molecule has 0 spiro atoms. The minimum Gasteiger partial charge on any atom is -0.493 e. The van der Waals surface area contributed by atoms with Crippen molar-refractivity contribution in [1.29, 1.82) is 0 Å². The molecule has 28 heavy (non-hydrogen) atoms. The molecule has 146 valence electrons. The zero-order valence-electron chi connectivity index (χ0n) is 15.5. The molecule has 0 fully saturated rings. The zero-order valence-corrected chi connectivity index (χ0v) is 16.3. The quantitative estimate of drug-likeness (QED) is 0.438. The average Bonchev–Trinajstić information content (AvgIpc) is 2.74. The molecule has 0 aromatic heterocycles. The molecule has 1 unspecified atom stereocenters. The summed E-state index contributed by atoms with van der Waals surface area (Å²) < 4.78 is 11.0. The number of hydrogen-bond donors (Lipinski definition) is 1. The summed E-state index contributed by atoms with van der Waals surface area (Å²) in [5, 5.41) is 0. The fourth-order valence-electron chi connectivity index (χ4n) is 2.72. The van der Waals surface area contributed by atoms with Gasteiger partial charge in [-0.15, -0.1) is 12.4 Å². The highest BCUT2D eigenvalue weighted by Crippen LogP contribution is 2.23. The van der Waals surface area contributed by atoms with Gasteiger partial charge in [0.25, 0.3) is 0 Å². The van der Waals surface area contributed by atoms with Gasteiger partial charge >= 0.3 is 5.97 Å². The number of hydrogen-bond acceptors (Lipinski definition) is 4. The highest BCUT2D eigenvalue weighted by atomic mass is 35.5. The van der Waals surface area contributed by atoms with Gasteiger partial charge in [0.15, 0.2) is 0 Å². The van der Waals surface area contributed by atoms with Crippen LogP contribution >= 0.6 is 12.4 Å². The smallest absolute Gasteiger partial charge is 0.338 e. The van der Waals surface area contributed by atoms with E-state index in [1.807, 2.05) is 72.8 Å². The second kappa shape index (κ2) is 11.1. The van der Waals surface area contributed by atoms with Crippen LogP contribution in [0.5, 0.6) is 5.75 Å². The third-order valence-electron chi connectivity index (χ3n) is 4.18. The fourth-order valence-corrected chi connectivity index (χ4v) is 2.72. The van der Waals surface area contributed by atoms with Crippen molar-refractivity contribution in [2.75, 3.05) is 13.2 Å². The van der Waals surface area contributed by atoms with E-state index < -0.39 is 0 Å². The average molecular weight is 398 g/mol. The minimum atomic E-state index is -0.313. The van der Waals surface area contributed by atoms with Crippen LogP contribution in [0.1, 0.15) is 33.9 Å². The molecule has 1 atom stereocenters. The molecular weight excluding hydrogens is 374 g/mol. The minimum absolute atomic E-state index is 0. The Labute approximate surface area is 171 Å². The summed E-state index contributed by atoms with van der Waals surface area (Å²) in [5.41, 5.74) is 8.95. The summed E-state index contributed by atoms with van der Waals surface area (Å²) in [6.45, 7) is 0.781. The molecule has 5 heteroatoms. The van der Waals surface area contributed by atoms with Crippen molar-refractivity contribution in [2.24, 2.45) is 5.73 Å². The number of rotatable bonds is 8. The summed E-state index contributed by atoms with van der Waals surface area (Å²) in [5.74, 6) is 0.444. The van der Waals surface area contributed by atoms with Gasteiger partial charge in [-0.1, -0.05) is 60.7 Å². The van der Waals surface area contributed by atoms with E-state index in [9.17, 15) is 4.79 Å². The molecule has 4 nitrogen and oxygen atoms in total. The Hall–Kier alpha value is -2.82. The maximum Gasteiger partial charge on any atom is 0.338 e. The van der Waals surface area contributed by atoms with Crippen molar-refractivity contribution >= 4 is 18.4 Å². The van der Waals surface area contributed by atoms with Crippen LogP contribution in [0.15, 0.2) is 84.9 Å². The van der Waals surface area contributed by atoms with Crippen molar-refractivity contribution in [3.63, 3.8) is 0 Å². The first-order valence-corrected chi connectivity index (χ1v) is 8.99. The Kier molecular flexibility index (Phi) is 8.53. The lowest BCUT2D eigenvalue weighted by molar-refractivity contribution is 0.0486. The SMILES string of the molecule is Cl.NC(c1ccccc1)c1cccc(OCCCOC(=O)c2ccccc2)c1. The zero-order chi connectivity index (χ0) is 18.9. The highest BCUT2D eigenvalue weighted by molar-refractivity contribution is 5.89. The van der Waals surface area contributed by atoms with Crippen LogP contribution in [0, 0.1) is 0 Å². The van der Waals surface area contributed by atoms with Crippen LogP contribution < -0.4 is 10.5 Å². The number of esters is 1. The third-order valence-corrected chi connectivity index (χ3v) is 4.18. The lowest BCUT2D eigenvalue weighted by Crippen LogP contribution is -2.12. The molecule has 0 aliphatic rings. The van der Waals surface area contributed by atoms with Crippen LogP contribution in [0.3, 0.4) is 0 Å². The van der Waals surface area contributed by atoms with Crippen LogP contribution in [0.25, 0.3) is 0 Å². The van der Waals surface area contributed by atoms with Crippen molar-refractivity contribution in [3.05, 3.63) is 102 Å². The van der Waals surface area contributed by atoms with Gasteiger partial charge in [-0.25, -0.2) is 4.79 Å². The van der Waals surface area contributed by atoms with E-state index in [0.717, 1.165) is 16.9 Å². The Morgan fingerprint density at radius 2 is 1.46 bits per heavy atom. The summed E-state index contributed by atoms with van der Waals surface area (Å²) in [7, 11) is 0. The number of carbonyl (C=O) groups is 1. The molecular formula is C23H24ClNO3. The molecule has 0 amide bonds. The topological polar surface area (TPSA) is 61.6 Å². The van der Waals surface area contributed by atoms with Gasteiger partial charge in [-0.2, -0.15) is 0 Å². The molecule has 0 aliphatic carbocycles. The monoisotopic (exact) mass is 397 g/mol. The molecule has 0 bridgehead atoms. The van der Waals surface area contributed by atoms with Gasteiger partial charge in [-0.3, -0.25) is 0 Å². The Balaban J connectivity index is 0.00000280. The van der Waals surface area contributed by atoms with E-state index in [4.69, 9.17) is 15.2 Å². The molecule has 3 aromatic rings. The van der Waals surface area contributed by atoms with Crippen molar-refractivity contribution in [1.82, 2.24) is 0 Å². The highest BCUT2D eigenvalue weighted by Gasteiger charge is 2.09. The van der Waals surface area contributed by atoms with E-state index in [-0.39, 0.29) is 24.4 Å². The summed E-state index contributed by atoms with van der Waals surface area (Å²) in [4.78, 5) is 11.9. The number of benzene rings is 3. The summed E-state index contributed by atoms with van der Waals surface area (Å²) >= 11 is 0. The largest absolute Gasteiger partial charge is 0.493 e. The molecule has 3 aromatic carbocycles. The van der Waals surface area contributed by atoms with Crippen LogP contribution in [0.2, 0.25) is 0 Å². The van der Waals surface area contributed by atoms with Crippen LogP contribution in [-0.2, 0) is 4.74 Å². The first kappa shape index (κ1) is 21.5. The summed E-state index contributed by atoms with van der Waals surface area (Å²) in [6, 6.07) is 26.5. The van der Waals surface area contributed by atoms with Gasteiger partial charge in [0.05, 0.1) is 24.8 Å². The third kappa shape index (κ3) is 6.12. The lowest BCUT2D eigenvalue weighted by atomic mass is 10.00. The Bertz CT molecular complexity index is 856. The predicted molar refractivity (Wildman–Crippen MR) is 113 cm³/mol. The second-order valence-electron chi connectivity index (χ2n) is 6.16. The number of nitrogens with two attached hydrogens (primary N) is 1. The first-order chi connectivity index (χ1) is 13.2. The molecule has 2 N–H and O–H groups in total. The molecule has 0 radical (unpaired) electrons. The van der Waals surface area contributed by atoms with Crippen LogP contribution in [0.4, 0.5) is 0 Å². The van der Waals surface area contributed by atoms with Crippen LogP contribution in [-0.4, -0.2) is 19.2 Å². The van der Waals surface area contributed by atoms with Crippen molar-refractivity contribution in [3.8, 4) is 5.75 Å². The second-order valence-corrected chi connectivity index (χ2v) is 6.16. The van der Waals surface area contributed by atoms with Gasteiger partial charge in [0.1, 0.15) is 5.75 Å². The number of ether oxygens (including phenoxy) is 2. The predicted octanol–water partition coefficient (Wildman–Crippen LogP) is 4.78. The summed E-state index contributed by atoms with van der Waals surface area (Å²) in [6.07, 6.45) is 0.619. The Morgan fingerprint density at radius 1 is 0.821 bits per heavy atom. The maximum absolute atomic E-state index is 11.9. The molecule has 0 saturated carbocycles. The van der Waals surface area contributed by atoms with Gasteiger partial charge in [0.2, 0.25) is 0 Å².